The third kappa shape index (κ3) is 4.84. The van der Waals surface area contributed by atoms with Gasteiger partial charge in [0.05, 0.1) is 12.1 Å². The molecule has 0 bridgehead atoms. The van der Waals surface area contributed by atoms with Crippen molar-refractivity contribution >= 4 is 17.7 Å². The van der Waals surface area contributed by atoms with Gasteiger partial charge in [-0.05, 0) is 49.2 Å². The Morgan fingerprint density at radius 2 is 1.87 bits per heavy atom. The molecule has 1 amide bonds. The maximum atomic E-state index is 13.3. The summed E-state index contributed by atoms with van der Waals surface area (Å²) in [4.78, 5) is 25.5. The number of amides is 1. The molecule has 0 radical (unpaired) electrons. The summed E-state index contributed by atoms with van der Waals surface area (Å²) in [5.74, 6) is -3.06. The van der Waals surface area contributed by atoms with Crippen molar-refractivity contribution in [2.45, 2.75) is 36.1 Å². The van der Waals surface area contributed by atoms with Gasteiger partial charge in [0.2, 0.25) is 0 Å². The zero-order valence-corrected chi connectivity index (χ0v) is 17.1. The van der Waals surface area contributed by atoms with Gasteiger partial charge in [-0.2, -0.15) is 8.78 Å². The number of rotatable bonds is 8. The van der Waals surface area contributed by atoms with Gasteiger partial charge in [-0.15, -0.1) is 5.10 Å². The molecule has 31 heavy (non-hydrogen) atoms. The summed E-state index contributed by atoms with van der Waals surface area (Å²) in [7, 11) is 0. The molecule has 0 atom stereocenters. The number of carbonyl (C=O) groups is 1. The molecular formula is C21H19F3N4O2S. The van der Waals surface area contributed by atoms with Crippen LogP contribution in [0.5, 0.6) is 0 Å². The molecule has 1 aliphatic rings. The minimum Gasteiger partial charge on any atom is -0.350 e. The molecule has 0 saturated heterocycles. The number of aromatic nitrogens is 3. The summed E-state index contributed by atoms with van der Waals surface area (Å²) >= 11 is 0.308. The van der Waals surface area contributed by atoms with Crippen LogP contribution < -0.4 is 11.0 Å². The van der Waals surface area contributed by atoms with Gasteiger partial charge in [0.25, 0.3) is 11.7 Å². The lowest BCUT2D eigenvalue weighted by atomic mass is 10.2. The molecule has 0 spiro atoms. The van der Waals surface area contributed by atoms with Gasteiger partial charge in [-0.25, -0.2) is 13.9 Å². The summed E-state index contributed by atoms with van der Waals surface area (Å²) in [5.41, 5.74) is 0.478. The molecule has 4 rings (SSSR count). The largest absolute Gasteiger partial charge is 0.350 e. The summed E-state index contributed by atoms with van der Waals surface area (Å²) in [6.45, 7) is 0.208. The third-order valence-electron chi connectivity index (χ3n) is 4.84. The SMILES string of the molecule is O=C(NCCn1nc(-c2ccc(F)cc2)n(C2CC2)c1=O)c1ccccc1SC(F)F. The van der Waals surface area contributed by atoms with E-state index in [0.29, 0.717) is 23.1 Å². The molecule has 0 aliphatic heterocycles. The van der Waals surface area contributed by atoms with Crippen LogP contribution in [-0.4, -0.2) is 32.6 Å². The van der Waals surface area contributed by atoms with E-state index < -0.39 is 11.7 Å². The summed E-state index contributed by atoms with van der Waals surface area (Å²) in [6.07, 6.45) is 1.74. The predicted molar refractivity (Wildman–Crippen MR) is 111 cm³/mol. The van der Waals surface area contributed by atoms with Gasteiger partial charge in [0.1, 0.15) is 5.82 Å². The second-order valence-electron chi connectivity index (χ2n) is 7.07. The molecule has 1 heterocycles. The average Bonchev–Trinajstić information content (AvgIpc) is 3.52. The van der Waals surface area contributed by atoms with Crippen molar-refractivity contribution in [2.75, 3.05) is 6.54 Å². The standard InChI is InChI=1S/C21H19F3N4O2S/c22-14-7-5-13(6-8-14)18-26-27(21(30)28(18)15-9-10-15)12-11-25-19(29)16-3-1-2-4-17(16)31-20(23)24/h1-8,15,20H,9-12H2,(H,25,29). The molecule has 1 N–H and O–H groups in total. The number of halogens is 3. The van der Waals surface area contributed by atoms with E-state index >= 15 is 0 Å². The maximum Gasteiger partial charge on any atom is 0.346 e. The third-order valence-corrected chi connectivity index (χ3v) is 5.63. The Balaban J connectivity index is 1.48. The minimum atomic E-state index is -2.64. The van der Waals surface area contributed by atoms with Gasteiger partial charge in [-0.3, -0.25) is 9.36 Å². The number of nitrogens with zero attached hydrogens (tertiary/aromatic N) is 3. The number of benzene rings is 2. The quantitative estimate of drug-likeness (QED) is 0.530. The van der Waals surface area contributed by atoms with Crippen molar-refractivity contribution in [3.8, 4) is 11.4 Å². The Morgan fingerprint density at radius 1 is 1.16 bits per heavy atom. The van der Waals surface area contributed by atoms with Gasteiger partial charge >= 0.3 is 5.69 Å². The van der Waals surface area contributed by atoms with Crippen LogP contribution in [0.2, 0.25) is 0 Å². The van der Waals surface area contributed by atoms with Crippen molar-refractivity contribution in [1.82, 2.24) is 19.7 Å². The highest BCUT2D eigenvalue weighted by Crippen LogP contribution is 2.36. The Labute approximate surface area is 180 Å². The van der Waals surface area contributed by atoms with E-state index in [9.17, 15) is 22.8 Å². The first-order chi connectivity index (χ1) is 14.9. The fraction of sp³-hybridized carbons (Fsp3) is 0.286. The van der Waals surface area contributed by atoms with Crippen molar-refractivity contribution in [1.29, 1.82) is 0 Å². The van der Waals surface area contributed by atoms with Gasteiger partial charge in [-0.1, -0.05) is 23.9 Å². The van der Waals surface area contributed by atoms with Gasteiger partial charge < -0.3 is 5.32 Å². The fourth-order valence-corrected chi connectivity index (χ4v) is 3.88. The molecule has 2 aromatic carbocycles. The first kappa shape index (κ1) is 21.2. The molecule has 10 heteroatoms. The zero-order chi connectivity index (χ0) is 22.0. The number of thioether (sulfide) groups is 1. The Bertz CT molecular complexity index is 1140. The second kappa shape index (κ2) is 9.01. The zero-order valence-electron chi connectivity index (χ0n) is 16.3. The highest BCUT2D eigenvalue weighted by atomic mass is 32.2. The molecule has 1 fully saturated rings. The van der Waals surface area contributed by atoms with E-state index in [1.165, 1.54) is 28.9 Å². The molecule has 1 aromatic heterocycles. The van der Waals surface area contributed by atoms with E-state index in [2.05, 4.69) is 10.4 Å². The van der Waals surface area contributed by atoms with Crippen molar-refractivity contribution in [3.05, 3.63) is 70.4 Å². The summed E-state index contributed by atoms with van der Waals surface area (Å²) in [6, 6.07) is 11.9. The Morgan fingerprint density at radius 3 is 2.55 bits per heavy atom. The van der Waals surface area contributed by atoms with E-state index in [1.54, 1.807) is 28.8 Å². The van der Waals surface area contributed by atoms with Crippen LogP contribution >= 0.6 is 11.8 Å². The first-order valence-corrected chi connectivity index (χ1v) is 10.6. The predicted octanol–water partition coefficient (Wildman–Crippen LogP) is 3.93. The van der Waals surface area contributed by atoms with E-state index in [-0.39, 0.29) is 41.1 Å². The lowest BCUT2D eigenvalue weighted by Crippen LogP contribution is -2.32. The number of hydrogen-bond donors (Lipinski definition) is 1. The lowest BCUT2D eigenvalue weighted by Gasteiger charge is -2.09. The first-order valence-electron chi connectivity index (χ1n) is 9.71. The van der Waals surface area contributed by atoms with Crippen LogP contribution in [0.3, 0.4) is 0 Å². The number of alkyl halides is 2. The second-order valence-corrected chi connectivity index (χ2v) is 8.10. The average molecular weight is 448 g/mol. The van der Waals surface area contributed by atoms with Crippen LogP contribution in [0.25, 0.3) is 11.4 Å². The minimum absolute atomic E-state index is 0.0640. The van der Waals surface area contributed by atoms with Crippen molar-refractivity contribution in [3.63, 3.8) is 0 Å². The van der Waals surface area contributed by atoms with Crippen LogP contribution in [0.1, 0.15) is 29.2 Å². The molecule has 6 nitrogen and oxygen atoms in total. The van der Waals surface area contributed by atoms with Gasteiger partial charge in [0.15, 0.2) is 5.82 Å². The lowest BCUT2D eigenvalue weighted by molar-refractivity contribution is 0.0949. The van der Waals surface area contributed by atoms with Crippen LogP contribution in [0.4, 0.5) is 13.2 Å². The van der Waals surface area contributed by atoms with E-state index in [0.717, 1.165) is 12.8 Å². The normalized spacial score (nSPS) is 13.5. The van der Waals surface area contributed by atoms with Crippen molar-refractivity contribution in [2.24, 2.45) is 0 Å². The highest BCUT2D eigenvalue weighted by Gasteiger charge is 2.30. The Kier molecular flexibility index (Phi) is 6.17. The molecule has 1 aliphatic carbocycles. The van der Waals surface area contributed by atoms with Crippen molar-refractivity contribution < 1.29 is 18.0 Å². The Hall–Kier alpha value is -3.01. The number of hydrogen-bond acceptors (Lipinski definition) is 4. The number of carbonyl (C=O) groups excluding carboxylic acids is 1. The number of nitrogens with one attached hydrogen (secondary N) is 1. The summed E-state index contributed by atoms with van der Waals surface area (Å²) in [5, 5.41) is 7.04. The maximum absolute atomic E-state index is 13.3. The van der Waals surface area contributed by atoms with Gasteiger partial charge in [0, 0.05) is 23.0 Å². The molecule has 1 saturated carbocycles. The van der Waals surface area contributed by atoms with E-state index in [4.69, 9.17) is 0 Å². The smallest absolute Gasteiger partial charge is 0.346 e. The van der Waals surface area contributed by atoms with E-state index in [1.807, 2.05) is 0 Å². The molecule has 0 unspecified atom stereocenters. The van der Waals surface area contributed by atoms with Crippen LogP contribution in [0, 0.1) is 5.82 Å². The molecule has 3 aromatic rings. The topological polar surface area (TPSA) is 68.9 Å². The molecular weight excluding hydrogens is 429 g/mol. The molecule has 162 valence electrons. The van der Waals surface area contributed by atoms with Crippen LogP contribution in [-0.2, 0) is 6.54 Å². The van der Waals surface area contributed by atoms with Crippen LogP contribution in [0.15, 0.2) is 58.2 Å². The monoisotopic (exact) mass is 448 g/mol. The summed E-state index contributed by atoms with van der Waals surface area (Å²) < 4.78 is 41.6. The fourth-order valence-electron chi connectivity index (χ4n) is 3.25. The highest BCUT2D eigenvalue weighted by molar-refractivity contribution is 7.99.